The molecule has 0 unspecified atom stereocenters. The molecule has 0 aliphatic heterocycles. The smallest absolute Gasteiger partial charge is 0.325 e. The van der Waals surface area contributed by atoms with E-state index in [1.54, 1.807) is 6.92 Å². The van der Waals surface area contributed by atoms with Crippen molar-refractivity contribution in [3.63, 3.8) is 0 Å². The van der Waals surface area contributed by atoms with Gasteiger partial charge in [-0.1, -0.05) is 6.07 Å². The van der Waals surface area contributed by atoms with Crippen molar-refractivity contribution in [1.82, 2.24) is 9.78 Å². The van der Waals surface area contributed by atoms with Crippen LogP contribution in [0.5, 0.6) is 0 Å². The number of aromatic nitrogens is 2. The van der Waals surface area contributed by atoms with Crippen LogP contribution < -0.4 is 0 Å². The van der Waals surface area contributed by atoms with Gasteiger partial charge in [0, 0.05) is 11.3 Å². The summed E-state index contributed by atoms with van der Waals surface area (Å²) in [6.07, 6.45) is 1.44. The molecule has 6 heteroatoms. The Morgan fingerprint density at radius 3 is 2.72 bits per heavy atom. The maximum Gasteiger partial charge on any atom is 0.325 e. The van der Waals surface area contributed by atoms with Crippen LogP contribution in [-0.2, 0) is 11.3 Å². The fourth-order valence-corrected chi connectivity index (χ4v) is 1.68. The Bertz CT molecular complexity index is 608. The highest BCUT2D eigenvalue weighted by atomic mass is 19.2. The minimum atomic E-state index is -1.02. The van der Waals surface area contributed by atoms with Gasteiger partial charge in [-0.15, -0.1) is 0 Å². The topological polar surface area (TPSA) is 55.1 Å². The number of halogens is 2. The van der Waals surface area contributed by atoms with Crippen molar-refractivity contribution in [2.24, 2.45) is 0 Å². The normalized spacial score (nSPS) is 10.6. The van der Waals surface area contributed by atoms with E-state index in [1.165, 1.54) is 16.9 Å². The first-order valence-electron chi connectivity index (χ1n) is 5.18. The second-order valence-corrected chi connectivity index (χ2v) is 3.82. The van der Waals surface area contributed by atoms with Gasteiger partial charge in [0.05, 0.1) is 6.20 Å². The number of carbonyl (C=O) groups is 1. The molecule has 0 fully saturated rings. The molecular weight excluding hydrogens is 242 g/mol. The minimum absolute atomic E-state index is 0.268. The Morgan fingerprint density at radius 1 is 1.39 bits per heavy atom. The van der Waals surface area contributed by atoms with Gasteiger partial charge in [0.15, 0.2) is 11.6 Å². The molecule has 0 aliphatic carbocycles. The molecule has 0 saturated heterocycles. The Balaban J connectivity index is 2.42. The molecule has 2 aromatic rings. The lowest BCUT2D eigenvalue weighted by Crippen LogP contribution is -2.11. The zero-order valence-electron chi connectivity index (χ0n) is 9.52. The van der Waals surface area contributed by atoms with Crippen LogP contribution in [0.15, 0.2) is 24.4 Å². The van der Waals surface area contributed by atoms with Gasteiger partial charge in [-0.2, -0.15) is 5.10 Å². The van der Waals surface area contributed by atoms with Gasteiger partial charge >= 0.3 is 5.97 Å². The number of hydrogen-bond acceptors (Lipinski definition) is 2. The third-order valence-electron chi connectivity index (χ3n) is 2.62. The summed E-state index contributed by atoms with van der Waals surface area (Å²) in [4.78, 5) is 10.6. The van der Waals surface area contributed by atoms with Gasteiger partial charge in [0.2, 0.25) is 0 Å². The maximum absolute atomic E-state index is 13.1. The van der Waals surface area contributed by atoms with Crippen molar-refractivity contribution in [1.29, 1.82) is 0 Å². The van der Waals surface area contributed by atoms with Crippen LogP contribution in [0.4, 0.5) is 8.78 Å². The molecule has 0 radical (unpaired) electrons. The van der Waals surface area contributed by atoms with Gasteiger partial charge in [-0.05, 0) is 24.6 Å². The van der Waals surface area contributed by atoms with Gasteiger partial charge in [0.25, 0.3) is 0 Å². The van der Waals surface area contributed by atoms with E-state index in [0.717, 1.165) is 12.1 Å². The van der Waals surface area contributed by atoms with Crippen LogP contribution in [0.1, 0.15) is 5.69 Å². The Labute approximate surface area is 101 Å². The third kappa shape index (κ3) is 2.22. The van der Waals surface area contributed by atoms with E-state index in [0.29, 0.717) is 16.8 Å². The molecule has 0 amide bonds. The van der Waals surface area contributed by atoms with E-state index in [4.69, 9.17) is 5.11 Å². The minimum Gasteiger partial charge on any atom is -0.480 e. The lowest BCUT2D eigenvalue weighted by molar-refractivity contribution is -0.137. The fourth-order valence-electron chi connectivity index (χ4n) is 1.68. The Hall–Kier alpha value is -2.24. The van der Waals surface area contributed by atoms with Gasteiger partial charge in [-0.3, -0.25) is 9.48 Å². The highest BCUT2D eigenvalue weighted by Crippen LogP contribution is 2.24. The lowest BCUT2D eigenvalue weighted by Gasteiger charge is -2.03. The highest BCUT2D eigenvalue weighted by Gasteiger charge is 2.12. The quantitative estimate of drug-likeness (QED) is 0.911. The van der Waals surface area contributed by atoms with Crippen molar-refractivity contribution in [2.75, 3.05) is 0 Å². The molecule has 18 heavy (non-hydrogen) atoms. The molecule has 0 atom stereocenters. The Morgan fingerprint density at radius 2 is 2.11 bits per heavy atom. The highest BCUT2D eigenvalue weighted by molar-refractivity contribution is 5.68. The van der Waals surface area contributed by atoms with E-state index in [9.17, 15) is 13.6 Å². The molecule has 2 rings (SSSR count). The predicted molar refractivity (Wildman–Crippen MR) is 60.0 cm³/mol. The molecule has 4 nitrogen and oxygen atoms in total. The third-order valence-corrected chi connectivity index (χ3v) is 2.62. The number of aliphatic carboxylic acids is 1. The number of rotatable bonds is 3. The zero-order valence-corrected chi connectivity index (χ0v) is 9.52. The van der Waals surface area contributed by atoms with Crippen LogP contribution >= 0.6 is 0 Å². The maximum atomic E-state index is 13.1. The SMILES string of the molecule is Cc1c(-c2ccc(F)c(F)c2)cnn1CC(=O)O. The molecule has 0 saturated carbocycles. The number of carboxylic acids is 1. The van der Waals surface area contributed by atoms with Crippen molar-refractivity contribution >= 4 is 5.97 Å². The van der Waals surface area contributed by atoms with Crippen molar-refractivity contribution in [3.8, 4) is 11.1 Å². The predicted octanol–water partition coefficient (Wildman–Crippen LogP) is 2.22. The van der Waals surface area contributed by atoms with E-state index in [1.807, 2.05) is 0 Å². The summed E-state index contributed by atoms with van der Waals surface area (Å²) in [6.45, 7) is 1.40. The van der Waals surface area contributed by atoms with Crippen LogP contribution in [0.2, 0.25) is 0 Å². The second-order valence-electron chi connectivity index (χ2n) is 3.82. The average molecular weight is 252 g/mol. The number of nitrogens with zero attached hydrogens (tertiary/aromatic N) is 2. The second kappa shape index (κ2) is 4.56. The van der Waals surface area contributed by atoms with Gasteiger partial charge in [-0.25, -0.2) is 8.78 Å². The molecule has 1 heterocycles. The summed E-state index contributed by atoms with van der Waals surface area (Å²) in [5, 5.41) is 12.6. The van der Waals surface area contributed by atoms with Crippen molar-refractivity contribution in [2.45, 2.75) is 13.5 Å². The molecule has 0 aliphatic rings. The summed E-state index contributed by atoms with van der Waals surface area (Å²) < 4.78 is 27.2. The summed E-state index contributed by atoms with van der Waals surface area (Å²) in [6, 6.07) is 3.51. The first kappa shape index (κ1) is 12.2. The molecule has 1 aromatic heterocycles. The molecule has 94 valence electrons. The van der Waals surface area contributed by atoms with E-state index in [-0.39, 0.29) is 6.54 Å². The molecule has 0 spiro atoms. The van der Waals surface area contributed by atoms with E-state index >= 15 is 0 Å². The first-order chi connectivity index (χ1) is 8.49. The van der Waals surface area contributed by atoms with Crippen LogP contribution in [0, 0.1) is 18.6 Å². The van der Waals surface area contributed by atoms with Crippen LogP contribution in [0.3, 0.4) is 0 Å². The Kier molecular flexibility index (Phi) is 3.10. The van der Waals surface area contributed by atoms with E-state index < -0.39 is 17.6 Å². The number of carboxylic acid groups (broad SMARTS) is 1. The first-order valence-corrected chi connectivity index (χ1v) is 5.18. The monoisotopic (exact) mass is 252 g/mol. The summed E-state index contributed by atoms with van der Waals surface area (Å²) in [7, 11) is 0. The lowest BCUT2D eigenvalue weighted by atomic mass is 10.1. The standard InChI is InChI=1S/C12H10F2N2O2/c1-7-9(5-15-16(7)6-12(17)18)8-2-3-10(13)11(14)4-8/h2-5H,6H2,1H3,(H,17,18). The molecule has 1 aromatic carbocycles. The molecule has 1 N–H and O–H groups in total. The van der Waals surface area contributed by atoms with E-state index in [2.05, 4.69) is 5.10 Å². The van der Waals surface area contributed by atoms with Crippen molar-refractivity contribution < 1.29 is 18.7 Å². The summed E-state index contributed by atoms with van der Waals surface area (Å²) in [5.41, 5.74) is 1.63. The number of hydrogen-bond donors (Lipinski definition) is 1. The van der Waals surface area contributed by atoms with Crippen molar-refractivity contribution in [3.05, 3.63) is 41.7 Å². The average Bonchev–Trinajstić information content (AvgIpc) is 2.64. The van der Waals surface area contributed by atoms with Crippen LogP contribution in [-0.4, -0.2) is 20.9 Å². The number of benzene rings is 1. The molecular formula is C12H10F2N2O2. The largest absolute Gasteiger partial charge is 0.480 e. The van der Waals surface area contributed by atoms with Crippen LogP contribution in [0.25, 0.3) is 11.1 Å². The molecule has 0 bridgehead atoms. The van der Waals surface area contributed by atoms with Gasteiger partial charge < -0.3 is 5.11 Å². The zero-order chi connectivity index (χ0) is 13.3. The van der Waals surface area contributed by atoms with Gasteiger partial charge in [0.1, 0.15) is 6.54 Å². The fraction of sp³-hybridized carbons (Fsp3) is 0.167. The summed E-state index contributed by atoms with van der Waals surface area (Å²) >= 11 is 0. The summed E-state index contributed by atoms with van der Waals surface area (Å²) in [5.74, 6) is -2.88.